The molecular formula is C15H30N2. The molecule has 2 rings (SSSR count). The van der Waals surface area contributed by atoms with Gasteiger partial charge in [0.1, 0.15) is 0 Å². The van der Waals surface area contributed by atoms with Crippen molar-refractivity contribution in [3.63, 3.8) is 0 Å². The van der Waals surface area contributed by atoms with Crippen LogP contribution in [0.3, 0.4) is 0 Å². The molecule has 2 heteroatoms. The van der Waals surface area contributed by atoms with Gasteiger partial charge in [0.2, 0.25) is 0 Å². The minimum atomic E-state index is 0.735. The van der Waals surface area contributed by atoms with Gasteiger partial charge in [-0.05, 0) is 58.2 Å². The molecule has 1 aliphatic carbocycles. The Morgan fingerprint density at radius 2 is 1.88 bits per heavy atom. The zero-order valence-electron chi connectivity index (χ0n) is 11.8. The molecule has 0 amide bonds. The number of hydrogen-bond donors (Lipinski definition) is 1. The van der Waals surface area contributed by atoms with Crippen molar-refractivity contribution in [2.75, 3.05) is 26.2 Å². The molecule has 1 atom stereocenters. The smallest absolute Gasteiger partial charge is 0.00387 e. The van der Waals surface area contributed by atoms with Crippen molar-refractivity contribution in [3.8, 4) is 0 Å². The summed E-state index contributed by atoms with van der Waals surface area (Å²) in [5.74, 6) is 1.94. The van der Waals surface area contributed by atoms with E-state index < -0.39 is 0 Å². The Bertz CT molecular complexity index is 209. The lowest BCUT2D eigenvalue weighted by atomic mass is 10.0. The molecule has 17 heavy (non-hydrogen) atoms. The van der Waals surface area contributed by atoms with Gasteiger partial charge < -0.3 is 10.2 Å². The highest BCUT2D eigenvalue weighted by molar-refractivity contribution is 4.79. The van der Waals surface area contributed by atoms with E-state index in [1.807, 2.05) is 0 Å². The van der Waals surface area contributed by atoms with Gasteiger partial charge in [-0.25, -0.2) is 0 Å². The predicted molar refractivity (Wildman–Crippen MR) is 74.3 cm³/mol. The zero-order valence-corrected chi connectivity index (χ0v) is 11.8. The third-order valence-electron chi connectivity index (χ3n) is 4.68. The Kier molecular flexibility index (Phi) is 5.30. The van der Waals surface area contributed by atoms with Crippen molar-refractivity contribution >= 4 is 0 Å². The van der Waals surface area contributed by atoms with Crippen molar-refractivity contribution in [3.05, 3.63) is 0 Å². The van der Waals surface area contributed by atoms with Crippen molar-refractivity contribution in [2.45, 2.75) is 58.4 Å². The van der Waals surface area contributed by atoms with Gasteiger partial charge in [-0.15, -0.1) is 0 Å². The minimum absolute atomic E-state index is 0.735. The summed E-state index contributed by atoms with van der Waals surface area (Å²) in [6.07, 6.45) is 8.76. The molecule has 0 aromatic carbocycles. The van der Waals surface area contributed by atoms with E-state index in [0.29, 0.717) is 0 Å². The minimum Gasteiger partial charge on any atom is -0.316 e. The molecule has 2 nitrogen and oxygen atoms in total. The topological polar surface area (TPSA) is 15.3 Å². The van der Waals surface area contributed by atoms with Crippen LogP contribution in [0.5, 0.6) is 0 Å². The summed E-state index contributed by atoms with van der Waals surface area (Å²) in [6, 6.07) is 0.735. The van der Waals surface area contributed by atoms with Gasteiger partial charge in [0.25, 0.3) is 0 Å². The summed E-state index contributed by atoms with van der Waals surface area (Å²) in [5.41, 5.74) is 0. The molecule has 100 valence electrons. The fourth-order valence-electron chi connectivity index (χ4n) is 3.41. The van der Waals surface area contributed by atoms with Gasteiger partial charge >= 0.3 is 0 Å². The lowest BCUT2D eigenvalue weighted by Crippen LogP contribution is -2.31. The highest BCUT2D eigenvalue weighted by Gasteiger charge is 2.23. The molecule has 0 aromatic rings. The van der Waals surface area contributed by atoms with E-state index in [1.165, 1.54) is 64.7 Å². The van der Waals surface area contributed by atoms with Crippen LogP contribution in [-0.4, -0.2) is 37.1 Å². The van der Waals surface area contributed by atoms with E-state index in [1.54, 1.807) is 0 Å². The summed E-state index contributed by atoms with van der Waals surface area (Å²) < 4.78 is 0. The lowest BCUT2D eigenvalue weighted by Gasteiger charge is -2.20. The van der Waals surface area contributed by atoms with Gasteiger partial charge in [0, 0.05) is 12.6 Å². The van der Waals surface area contributed by atoms with E-state index in [-0.39, 0.29) is 0 Å². The first-order valence-corrected chi connectivity index (χ1v) is 7.70. The summed E-state index contributed by atoms with van der Waals surface area (Å²) in [7, 11) is 0. The Labute approximate surface area is 107 Å². The molecule has 1 saturated heterocycles. The largest absolute Gasteiger partial charge is 0.316 e. The number of rotatable bonds is 6. The Morgan fingerprint density at radius 3 is 2.53 bits per heavy atom. The molecule has 1 saturated carbocycles. The quantitative estimate of drug-likeness (QED) is 0.716. The second-order valence-electron chi connectivity index (χ2n) is 6.39. The van der Waals surface area contributed by atoms with Crippen LogP contribution < -0.4 is 5.32 Å². The monoisotopic (exact) mass is 238 g/mol. The third kappa shape index (κ3) is 4.26. The summed E-state index contributed by atoms with van der Waals surface area (Å²) in [4.78, 5) is 2.61. The van der Waals surface area contributed by atoms with Crippen LogP contribution in [0.25, 0.3) is 0 Å². The molecule has 2 aliphatic rings. The van der Waals surface area contributed by atoms with Crippen LogP contribution in [0, 0.1) is 11.8 Å². The lowest BCUT2D eigenvalue weighted by molar-refractivity contribution is 0.263. The fraction of sp³-hybridized carbons (Fsp3) is 1.00. The highest BCUT2D eigenvalue weighted by Crippen LogP contribution is 2.27. The summed E-state index contributed by atoms with van der Waals surface area (Å²) >= 11 is 0. The molecular weight excluding hydrogens is 208 g/mol. The first-order valence-electron chi connectivity index (χ1n) is 7.70. The normalized spacial score (nSPS) is 27.4. The van der Waals surface area contributed by atoms with E-state index in [2.05, 4.69) is 24.1 Å². The number of nitrogens with zero attached hydrogens (tertiary/aromatic N) is 1. The molecule has 1 aliphatic heterocycles. The maximum Gasteiger partial charge on any atom is 0.00387 e. The van der Waals surface area contributed by atoms with Gasteiger partial charge in [0.05, 0.1) is 0 Å². The summed E-state index contributed by atoms with van der Waals surface area (Å²) in [6.45, 7) is 9.76. The first-order chi connectivity index (χ1) is 8.25. The average Bonchev–Trinajstić information content (AvgIpc) is 2.96. The molecule has 1 heterocycles. The standard InChI is InChI=1S/C15H30N2/c1-13(2)17-10-8-15(12-17)11-16-9-7-14-5-3-4-6-14/h13-16H,3-12H2,1-2H3. The van der Waals surface area contributed by atoms with E-state index >= 15 is 0 Å². The zero-order chi connectivity index (χ0) is 12.1. The molecule has 1 N–H and O–H groups in total. The van der Waals surface area contributed by atoms with Gasteiger partial charge in [-0.1, -0.05) is 25.7 Å². The van der Waals surface area contributed by atoms with Crippen LogP contribution in [-0.2, 0) is 0 Å². The Balaban J connectivity index is 1.51. The molecule has 0 bridgehead atoms. The molecule has 0 radical (unpaired) electrons. The number of nitrogens with one attached hydrogen (secondary N) is 1. The Morgan fingerprint density at radius 1 is 1.12 bits per heavy atom. The van der Waals surface area contributed by atoms with E-state index in [9.17, 15) is 0 Å². The maximum absolute atomic E-state index is 3.69. The van der Waals surface area contributed by atoms with Crippen molar-refractivity contribution in [1.82, 2.24) is 10.2 Å². The van der Waals surface area contributed by atoms with E-state index in [0.717, 1.165) is 17.9 Å². The molecule has 2 fully saturated rings. The molecule has 0 aromatic heterocycles. The molecule has 0 spiro atoms. The summed E-state index contributed by atoms with van der Waals surface area (Å²) in [5, 5.41) is 3.69. The predicted octanol–water partition coefficient (Wildman–Crippen LogP) is 2.89. The van der Waals surface area contributed by atoms with Crippen molar-refractivity contribution in [1.29, 1.82) is 0 Å². The SMILES string of the molecule is CC(C)N1CCC(CNCCC2CCCC2)C1. The van der Waals surface area contributed by atoms with Gasteiger partial charge in [-0.2, -0.15) is 0 Å². The van der Waals surface area contributed by atoms with Crippen LogP contribution in [0.1, 0.15) is 52.4 Å². The Hall–Kier alpha value is -0.0800. The van der Waals surface area contributed by atoms with Crippen LogP contribution in [0.2, 0.25) is 0 Å². The van der Waals surface area contributed by atoms with E-state index in [4.69, 9.17) is 0 Å². The maximum atomic E-state index is 3.69. The molecule has 1 unspecified atom stereocenters. The number of likely N-dealkylation sites (tertiary alicyclic amines) is 1. The third-order valence-corrected chi connectivity index (χ3v) is 4.68. The van der Waals surface area contributed by atoms with Crippen molar-refractivity contribution < 1.29 is 0 Å². The average molecular weight is 238 g/mol. The highest BCUT2D eigenvalue weighted by atomic mass is 15.2. The number of hydrogen-bond acceptors (Lipinski definition) is 2. The van der Waals surface area contributed by atoms with Gasteiger partial charge in [0.15, 0.2) is 0 Å². The van der Waals surface area contributed by atoms with Crippen LogP contribution in [0.4, 0.5) is 0 Å². The first kappa shape index (κ1) is 13.4. The van der Waals surface area contributed by atoms with Gasteiger partial charge in [-0.3, -0.25) is 0 Å². The van der Waals surface area contributed by atoms with Crippen molar-refractivity contribution in [2.24, 2.45) is 11.8 Å². The fourth-order valence-corrected chi connectivity index (χ4v) is 3.41. The second kappa shape index (κ2) is 6.75. The van der Waals surface area contributed by atoms with Crippen LogP contribution >= 0.6 is 0 Å². The van der Waals surface area contributed by atoms with Crippen LogP contribution in [0.15, 0.2) is 0 Å². The second-order valence-corrected chi connectivity index (χ2v) is 6.39.